The summed E-state index contributed by atoms with van der Waals surface area (Å²) in [5.41, 5.74) is -2.80. The molecule has 0 aromatic carbocycles. The number of nitrogens with one attached hydrogen (secondary N) is 1. The predicted octanol–water partition coefficient (Wildman–Crippen LogP) is 0.653. The third-order valence-electron chi connectivity index (χ3n) is 3.55. The van der Waals surface area contributed by atoms with Gasteiger partial charge < -0.3 is 24.8 Å². The Morgan fingerprint density at radius 2 is 2.13 bits per heavy atom. The van der Waals surface area contributed by atoms with Crippen LogP contribution in [0.4, 0.5) is 0 Å². The summed E-state index contributed by atoms with van der Waals surface area (Å²) in [6.07, 6.45) is 2.86. The van der Waals surface area contributed by atoms with Crippen molar-refractivity contribution in [2.75, 3.05) is 6.54 Å². The molecule has 2 amide bonds. The summed E-state index contributed by atoms with van der Waals surface area (Å²) in [5.74, 6) is -2.11. The van der Waals surface area contributed by atoms with E-state index in [-0.39, 0.29) is 12.3 Å². The Kier molecular flexibility index (Phi) is 3.97. The van der Waals surface area contributed by atoms with Gasteiger partial charge in [0.25, 0.3) is 11.8 Å². The lowest BCUT2D eigenvalue weighted by atomic mass is 9.79. The number of hydrogen-bond donors (Lipinski definition) is 2. The highest BCUT2D eigenvalue weighted by Gasteiger charge is 2.68. The number of rotatable bonds is 4. The summed E-state index contributed by atoms with van der Waals surface area (Å²) >= 11 is 0. The highest BCUT2D eigenvalue weighted by molar-refractivity contribution is 6.14. The van der Waals surface area contributed by atoms with Crippen molar-refractivity contribution in [3.63, 3.8) is 0 Å². The van der Waals surface area contributed by atoms with Crippen LogP contribution in [0.15, 0.2) is 24.7 Å². The molecule has 1 saturated heterocycles. The first-order valence-electron chi connectivity index (χ1n) is 7.46. The van der Waals surface area contributed by atoms with Crippen LogP contribution in [-0.2, 0) is 19.1 Å². The number of aliphatic hydroxyl groups is 1. The van der Waals surface area contributed by atoms with Crippen LogP contribution in [0, 0.1) is 0 Å². The maximum atomic E-state index is 12.5. The number of carbonyl (C=O) groups excluding carboxylic acids is 2. The van der Waals surface area contributed by atoms with Gasteiger partial charge in [0, 0.05) is 25.9 Å². The molecule has 0 radical (unpaired) electrons. The van der Waals surface area contributed by atoms with Crippen LogP contribution >= 0.6 is 0 Å². The molecule has 2 heterocycles. The lowest BCUT2D eigenvalue weighted by molar-refractivity contribution is -0.198. The largest absolute Gasteiger partial charge is 0.457 e. The molecule has 7 heteroatoms. The molecule has 0 aromatic rings. The van der Waals surface area contributed by atoms with Crippen molar-refractivity contribution in [2.45, 2.75) is 57.6 Å². The van der Waals surface area contributed by atoms with Gasteiger partial charge in [-0.05, 0) is 20.8 Å². The van der Waals surface area contributed by atoms with Crippen LogP contribution in [0.25, 0.3) is 0 Å². The average Bonchev–Trinajstić information content (AvgIpc) is 2.75. The van der Waals surface area contributed by atoms with Gasteiger partial charge in [-0.3, -0.25) is 9.59 Å². The van der Waals surface area contributed by atoms with E-state index < -0.39 is 34.8 Å². The van der Waals surface area contributed by atoms with E-state index in [9.17, 15) is 14.7 Å². The van der Waals surface area contributed by atoms with Crippen molar-refractivity contribution in [2.24, 2.45) is 0 Å². The second kappa shape index (κ2) is 5.26. The molecule has 0 saturated carbocycles. The smallest absolute Gasteiger partial charge is 0.268 e. The highest BCUT2D eigenvalue weighted by Crippen LogP contribution is 2.41. The third-order valence-corrected chi connectivity index (χ3v) is 3.55. The summed E-state index contributed by atoms with van der Waals surface area (Å²) in [5, 5.41) is 13.4. The summed E-state index contributed by atoms with van der Waals surface area (Å²) in [7, 11) is 0. The normalized spacial score (nSPS) is 29.1. The Morgan fingerprint density at radius 1 is 1.52 bits per heavy atom. The summed E-state index contributed by atoms with van der Waals surface area (Å²) in [4.78, 5) is 26.2. The molecule has 2 aliphatic rings. The highest BCUT2D eigenvalue weighted by atomic mass is 16.7. The Morgan fingerprint density at radius 3 is 2.57 bits per heavy atom. The first kappa shape index (κ1) is 17.3. The Bertz CT molecular complexity index is 576. The van der Waals surface area contributed by atoms with Crippen LogP contribution in [0.3, 0.4) is 0 Å². The molecule has 2 rings (SSSR count). The molecule has 2 N–H and O–H groups in total. The second-order valence-electron chi connectivity index (χ2n) is 7.26. The van der Waals surface area contributed by atoms with Gasteiger partial charge in [-0.2, -0.15) is 0 Å². The lowest BCUT2D eigenvalue weighted by Gasteiger charge is -2.51. The zero-order valence-corrected chi connectivity index (χ0v) is 14.2. The van der Waals surface area contributed by atoms with E-state index in [0.29, 0.717) is 0 Å². The lowest BCUT2D eigenvalue weighted by Crippen LogP contribution is -2.80. The van der Waals surface area contributed by atoms with Crippen molar-refractivity contribution < 1.29 is 24.2 Å². The third kappa shape index (κ3) is 2.93. The number of hydrogen-bond acceptors (Lipinski definition) is 5. The van der Waals surface area contributed by atoms with E-state index in [1.54, 1.807) is 34.6 Å². The Balaban J connectivity index is 2.32. The fourth-order valence-electron chi connectivity index (χ4n) is 2.61. The van der Waals surface area contributed by atoms with E-state index in [1.807, 2.05) is 0 Å². The van der Waals surface area contributed by atoms with Gasteiger partial charge in [-0.1, -0.05) is 6.08 Å². The number of β-lactam (4-membered cyclic amide) rings is 1. The SMILES string of the molecule is C=CCN1C(=O)[C@@](O)(C(=O)NC(C)(C)C)[C@@H]1C1=COC(C)(C)O1. The van der Waals surface area contributed by atoms with Gasteiger partial charge in [-0.25, -0.2) is 0 Å². The van der Waals surface area contributed by atoms with Crippen molar-refractivity contribution in [1.82, 2.24) is 10.2 Å². The average molecular weight is 324 g/mol. The fourth-order valence-corrected chi connectivity index (χ4v) is 2.61. The molecular formula is C16H24N2O5. The topological polar surface area (TPSA) is 88.1 Å². The van der Waals surface area contributed by atoms with Gasteiger partial charge in [0.05, 0.1) is 0 Å². The second-order valence-corrected chi connectivity index (χ2v) is 7.26. The van der Waals surface area contributed by atoms with E-state index in [2.05, 4.69) is 11.9 Å². The van der Waals surface area contributed by atoms with Gasteiger partial charge in [-0.15, -0.1) is 6.58 Å². The maximum Gasteiger partial charge on any atom is 0.268 e. The maximum absolute atomic E-state index is 12.5. The minimum Gasteiger partial charge on any atom is -0.457 e. The number of ether oxygens (including phenoxy) is 2. The quantitative estimate of drug-likeness (QED) is 0.450. The number of nitrogens with zero attached hydrogens (tertiary/aromatic N) is 1. The van der Waals surface area contributed by atoms with Crippen LogP contribution in [0.2, 0.25) is 0 Å². The molecule has 0 unspecified atom stereocenters. The van der Waals surface area contributed by atoms with Crippen LogP contribution in [-0.4, -0.2) is 51.3 Å². The van der Waals surface area contributed by atoms with E-state index in [1.165, 1.54) is 17.2 Å². The van der Waals surface area contributed by atoms with Crippen LogP contribution in [0.1, 0.15) is 34.6 Å². The van der Waals surface area contributed by atoms with Crippen molar-refractivity contribution in [1.29, 1.82) is 0 Å². The van der Waals surface area contributed by atoms with E-state index in [4.69, 9.17) is 9.47 Å². The van der Waals surface area contributed by atoms with Crippen molar-refractivity contribution in [3.05, 3.63) is 24.7 Å². The Hall–Kier alpha value is -2.02. The predicted molar refractivity (Wildman–Crippen MR) is 82.9 cm³/mol. The van der Waals surface area contributed by atoms with Gasteiger partial charge >= 0.3 is 0 Å². The van der Waals surface area contributed by atoms with E-state index >= 15 is 0 Å². The number of carbonyl (C=O) groups is 2. The molecule has 128 valence electrons. The van der Waals surface area contributed by atoms with Crippen molar-refractivity contribution in [3.8, 4) is 0 Å². The molecule has 0 aromatic heterocycles. The number of amides is 2. The van der Waals surface area contributed by atoms with Crippen LogP contribution in [0.5, 0.6) is 0 Å². The van der Waals surface area contributed by atoms with Crippen LogP contribution < -0.4 is 5.32 Å². The van der Waals surface area contributed by atoms with Crippen molar-refractivity contribution >= 4 is 11.8 Å². The first-order chi connectivity index (χ1) is 10.4. The molecule has 23 heavy (non-hydrogen) atoms. The zero-order chi connectivity index (χ0) is 17.6. The summed E-state index contributed by atoms with van der Waals surface area (Å²) < 4.78 is 11.0. The fraction of sp³-hybridized carbons (Fsp3) is 0.625. The molecular weight excluding hydrogens is 300 g/mol. The first-order valence-corrected chi connectivity index (χ1v) is 7.46. The summed E-state index contributed by atoms with van der Waals surface area (Å²) in [6.45, 7) is 12.5. The standard InChI is InChI=1S/C16H24N2O5/c1-7-8-18-11(10-9-22-15(5,6)23-10)16(21,13(18)20)12(19)17-14(2,3)4/h7,9,11,21H,1,8H2,2-6H3,(H,17,19)/t11-,16-/m0/s1. The molecule has 7 nitrogen and oxygen atoms in total. The van der Waals surface area contributed by atoms with Gasteiger partial charge in [0.15, 0.2) is 5.76 Å². The molecule has 0 spiro atoms. The monoisotopic (exact) mass is 324 g/mol. The zero-order valence-electron chi connectivity index (χ0n) is 14.2. The minimum atomic E-state index is -2.22. The Labute approximate surface area is 135 Å². The van der Waals surface area contributed by atoms with Gasteiger partial charge in [0.2, 0.25) is 11.4 Å². The molecule has 1 fully saturated rings. The molecule has 0 aliphatic carbocycles. The molecule has 2 atom stereocenters. The summed E-state index contributed by atoms with van der Waals surface area (Å²) in [6, 6.07) is -0.947. The molecule has 0 bridgehead atoms. The minimum absolute atomic E-state index is 0.190. The van der Waals surface area contributed by atoms with E-state index in [0.717, 1.165) is 0 Å². The number of likely N-dealkylation sites (tertiary alicyclic amines) is 1. The van der Waals surface area contributed by atoms with Gasteiger partial charge in [0.1, 0.15) is 12.3 Å². The molecule has 2 aliphatic heterocycles.